The molecule has 11 nitrogen and oxygen atoms in total. The van der Waals surface area contributed by atoms with Gasteiger partial charge in [0.1, 0.15) is 22.8 Å². The van der Waals surface area contributed by atoms with Gasteiger partial charge in [-0.25, -0.2) is 9.59 Å². The van der Waals surface area contributed by atoms with Crippen LogP contribution in [0.15, 0.2) is 42.6 Å². The molecule has 0 radical (unpaired) electrons. The number of halogens is 1. The summed E-state index contributed by atoms with van der Waals surface area (Å²) in [6.45, 7) is 7.04. The largest absolute Gasteiger partial charge is 0.492 e. The Labute approximate surface area is 255 Å². The summed E-state index contributed by atoms with van der Waals surface area (Å²) in [6.07, 6.45) is 4.74. The summed E-state index contributed by atoms with van der Waals surface area (Å²) in [6, 6.07) is 9.83. The van der Waals surface area contributed by atoms with Crippen LogP contribution in [0.1, 0.15) is 56.8 Å². The Morgan fingerprint density at radius 2 is 1.79 bits per heavy atom. The number of ether oxygens (including phenoxy) is 3. The maximum Gasteiger partial charge on any atom is 0.410 e. The molecule has 5 rings (SSSR count). The van der Waals surface area contributed by atoms with Crippen LogP contribution in [-0.2, 0) is 4.74 Å². The van der Waals surface area contributed by atoms with Gasteiger partial charge in [0.05, 0.1) is 28.4 Å². The zero-order valence-corrected chi connectivity index (χ0v) is 25.2. The lowest BCUT2D eigenvalue weighted by atomic mass is 9.98. The quantitative estimate of drug-likeness (QED) is 0.280. The van der Waals surface area contributed by atoms with E-state index in [1.54, 1.807) is 47.5 Å². The number of nitrogens with zero attached hydrogens (tertiary/aromatic N) is 2. The number of amides is 4. The van der Waals surface area contributed by atoms with Crippen LogP contribution in [0, 0.1) is 5.92 Å². The van der Waals surface area contributed by atoms with Crippen molar-refractivity contribution < 1.29 is 28.6 Å². The first-order valence-corrected chi connectivity index (χ1v) is 14.7. The highest BCUT2D eigenvalue weighted by Crippen LogP contribution is 2.36. The fourth-order valence-electron chi connectivity index (χ4n) is 4.72. The molecule has 43 heavy (non-hydrogen) atoms. The Kier molecular flexibility index (Phi) is 8.82. The Morgan fingerprint density at radius 3 is 2.44 bits per heavy atom. The summed E-state index contributed by atoms with van der Waals surface area (Å²) in [5, 5.41) is 6.47. The van der Waals surface area contributed by atoms with Crippen LogP contribution in [0.4, 0.5) is 15.3 Å². The zero-order valence-electron chi connectivity index (χ0n) is 24.4. The number of hydrogen-bond donors (Lipinski definition) is 3. The number of primary amides is 1. The normalized spacial score (nSPS) is 15.6. The molecule has 0 unspecified atom stereocenters. The topological polar surface area (TPSA) is 145 Å². The summed E-state index contributed by atoms with van der Waals surface area (Å²) in [5.41, 5.74) is 6.41. The van der Waals surface area contributed by atoms with Crippen LogP contribution in [-0.4, -0.2) is 59.3 Å². The molecule has 0 spiro atoms. The Morgan fingerprint density at radius 1 is 1.05 bits per heavy atom. The fraction of sp³-hybridized carbons (Fsp3) is 0.419. The van der Waals surface area contributed by atoms with Crippen LogP contribution >= 0.6 is 11.6 Å². The van der Waals surface area contributed by atoms with Crippen molar-refractivity contribution in [1.29, 1.82) is 0 Å². The van der Waals surface area contributed by atoms with Crippen molar-refractivity contribution in [3.05, 3.63) is 53.2 Å². The Hall–Kier alpha value is -4.25. The summed E-state index contributed by atoms with van der Waals surface area (Å²) in [4.78, 5) is 43.0. The van der Waals surface area contributed by atoms with E-state index in [0.717, 1.165) is 25.7 Å². The van der Waals surface area contributed by atoms with E-state index in [1.165, 1.54) is 0 Å². The van der Waals surface area contributed by atoms with Crippen molar-refractivity contribution in [1.82, 2.24) is 15.2 Å². The van der Waals surface area contributed by atoms with E-state index in [0.29, 0.717) is 58.6 Å². The van der Waals surface area contributed by atoms with E-state index in [2.05, 4.69) is 15.6 Å². The number of aromatic nitrogens is 1. The Bertz CT molecular complexity index is 1530. The number of urea groups is 1. The third kappa shape index (κ3) is 7.98. The minimum Gasteiger partial charge on any atom is -0.492 e. The second-order valence-corrected chi connectivity index (χ2v) is 12.3. The first kappa shape index (κ1) is 30.2. The number of fused-ring (bicyclic) bond motifs is 1. The maximum atomic E-state index is 12.4. The van der Waals surface area contributed by atoms with Crippen LogP contribution in [0.3, 0.4) is 0 Å². The molecule has 1 aromatic heterocycles. The van der Waals surface area contributed by atoms with Crippen LogP contribution in [0.25, 0.3) is 10.9 Å². The Balaban J connectivity index is 1.25. The molecular formula is C31H36ClN5O6. The average molecular weight is 610 g/mol. The van der Waals surface area contributed by atoms with Crippen molar-refractivity contribution in [3.63, 3.8) is 0 Å². The number of pyridine rings is 1. The minimum atomic E-state index is -0.644. The third-order valence-corrected chi connectivity index (χ3v) is 7.45. The van der Waals surface area contributed by atoms with Gasteiger partial charge >= 0.3 is 12.1 Å². The van der Waals surface area contributed by atoms with E-state index in [1.807, 2.05) is 20.8 Å². The number of piperidine rings is 1. The highest BCUT2D eigenvalue weighted by molar-refractivity contribution is 6.33. The number of nitrogens with one attached hydrogen (secondary N) is 2. The highest BCUT2D eigenvalue weighted by Gasteiger charge is 2.28. The first-order chi connectivity index (χ1) is 20.4. The summed E-state index contributed by atoms with van der Waals surface area (Å²) in [5.74, 6) is 0.762. The number of nitrogens with two attached hydrogens (primary N) is 1. The van der Waals surface area contributed by atoms with E-state index < -0.39 is 11.5 Å². The van der Waals surface area contributed by atoms with E-state index in [9.17, 15) is 14.4 Å². The number of likely N-dealkylation sites (tertiary alicyclic amines) is 1. The van der Waals surface area contributed by atoms with Gasteiger partial charge in [-0.15, -0.1) is 0 Å². The molecule has 4 N–H and O–H groups in total. The molecule has 0 atom stereocenters. The van der Waals surface area contributed by atoms with E-state index in [4.69, 9.17) is 31.5 Å². The molecule has 1 aliphatic heterocycles. The van der Waals surface area contributed by atoms with E-state index in [-0.39, 0.29) is 29.6 Å². The first-order valence-electron chi connectivity index (χ1n) is 14.3. The molecule has 2 fully saturated rings. The molecule has 0 bridgehead atoms. The van der Waals surface area contributed by atoms with Gasteiger partial charge < -0.3 is 35.5 Å². The second-order valence-electron chi connectivity index (χ2n) is 11.9. The predicted octanol–water partition coefficient (Wildman–Crippen LogP) is 6.09. The van der Waals surface area contributed by atoms with Gasteiger partial charge in [0.15, 0.2) is 0 Å². The molecule has 2 aliphatic rings. The lowest BCUT2D eigenvalue weighted by Crippen LogP contribution is -2.42. The molecule has 2 heterocycles. The maximum absolute atomic E-state index is 12.4. The molecule has 1 saturated heterocycles. The van der Waals surface area contributed by atoms with Gasteiger partial charge in [-0.1, -0.05) is 11.6 Å². The van der Waals surface area contributed by atoms with E-state index >= 15 is 0 Å². The van der Waals surface area contributed by atoms with Crippen molar-refractivity contribution in [2.75, 3.05) is 25.0 Å². The van der Waals surface area contributed by atoms with Crippen LogP contribution < -0.4 is 25.8 Å². The van der Waals surface area contributed by atoms with Crippen molar-refractivity contribution in [2.45, 2.75) is 58.1 Å². The zero-order chi connectivity index (χ0) is 30.7. The molecule has 2 aromatic carbocycles. The van der Waals surface area contributed by atoms with Gasteiger partial charge in [-0.3, -0.25) is 9.78 Å². The number of anilines is 1. The van der Waals surface area contributed by atoms with Crippen LogP contribution in [0.2, 0.25) is 5.02 Å². The predicted molar refractivity (Wildman–Crippen MR) is 163 cm³/mol. The monoisotopic (exact) mass is 609 g/mol. The van der Waals surface area contributed by atoms with Crippen molar-refractivity contribution in [3.8, 4) is 17.2 Å². The van der Waals surface area contributed by atoms with Gasteiger partial charge in [-0.2, -0.15) is 0 Å². The number of benzene rings is 2. The molecular weight excluding hydrogens is 574 g/mol. The summed E-state index contributed by atoms with van der Waals surface area (Å²) >= 11 is 6.41. The smallest absolute Gasteiger partial charge is 0.410 e. The number of hydrogen-bond acceptors (Lipinski definition) is 7. The highest BCUT2D eigenvalue weighted by atomic mass is 35.5. The summed E-state index contributed by atoms with van der Waals surface area (Å²) < 4.78 is 17.7. The molecule has 228 valence electrons. The summed E-state index contributed by atoms with van der Waals surface area (Å²) in [7, 11) is 0. The SMILES string of the molecule is CC(C)(C)OC(=O)N1CCC(COc2cc3nccc(Oc4ccc(NC(=O)NC5CC5)c(Cl)c4)c3cc2C(N)=O)CC1. The van der Waals surface area contributed by atoms with Gasteiger partial charge in [0.25, 0.3) is 5.91 Å². The van der Waals surface area contributed by atoms with Gasteiger partial charge in [0, 0.05) is 42.8 Å². The minimum absolute atomic E-state index is 0.194. The van der Waals surface area contributed by atoms with Gasteiger partial charge in [-0.05, 0) is 76.6 Å². The van der Waals surface area contributed by atoms with Crippen molar-refractivity contribution >= 4 is 46.2 Å². The van der Waals surface area contributed by atoms with Crippen molar-refractivity contribution in [2.24, 2.45) is 11.7 Å². The lowest BCUT2D eigenvalue weighted by Gasteiger charge is -2.33. The molecule has 1 aliphatic carbocycles. The number of rotatable bonds is 8. The molecule has 12 heteroatoms. The third-order valence-electron chi connectivity index (χ3n) is 7.14. The molecule has 1 saturated carbocycles. The standard InChI is InChI=1S/C31H36ClN5O6/c1-31(2,3)43-30(40)37-12-9-18(10-13-37)17-41-27-16-25-21(15-22(27)28(33)38)26(8-11-34-25)42-20-6-7-24(23(32)14-20)36-29(39)35-19-4-5-19/h6-8,11,14-16,18-19H,4-5,9-10,12-13,17H2,1-3H3,(H2,33,38)(H2,35,36,39). The number of carbonyl (C=O) groups is 3. The molecule has 3 aromatic rings. The fourth-order valence-corrected chi connectivity index (χ4v) is 4.94. The lowest BCUT2D eigenvalue weighted by molar-refractivity contribution is 0.0164. The van der Waals surface area contributed by atoms with Crippen LogP contribution in [0.5, 0.6) is 17.2 Å². The molecule has 4 amide bonds. The second kappa shape index (κ2) is 12.5. The number of carbonyl (C=O) groups excluding carboxylic acids is 3. The average Bonchev–Trinajstić information content (AvgIpc) is 3.76. The van der Waals surface area contributed by atoms with Gasteiger partial charge in [0.2, 0.25) is 0 Å².